The van der Waals surface area contributed by atoms with E-state index in [1.165, 1.54) is 0 Å². The predicted octanol–water partition coefficient (Wildman–Crippen LogP) is 1.14. The normalized spacial score (nSPS) is 12.0. The number of hydrogen-bond acceptors (Lipinski definition) is 6. The van der Waals surface area contributed by atoms with E-state index < -0.39 is 0 Å². The molecule has 1 aromatic heterocycles. The van der Waals surface area contributed by atoms with Gasteiger partial charge in [-0.1, -0.05) is 11.6 Å². The smallest absolute Gasteiger partial charge is 0.274 e. The molecule has 8 heteroatoms. The van der Waals surface area contributed by atoms with E-state index in [2.05, 4.69) is 10.4 Å². The summed E-state index contributed by atoms with van der Waals surface area (Å²) in [5, 5.41) is 0.269. The number of nitrogens with zero attached hydrogens (tertiary/aromatic N) is 2. The second kappa shape index (κ2) is 8.78. The number of carbonyl (C=O) groups is 1. The van der Waals surface area contributed by atoms with Gasteiger partial charge in [-0.15, -0.1) is 0 Å². The molecule has 0 aliphatic rings. The lowest BCUT2D eigenvalue weighted by molar-refractivity contribution is 0.0474. The molecule has 1 heterocycles. The Kier molecular flexibility index (Phi) is 7.38. The number of carbonyl (C=O) groups excluding carboxylic acids is 1. The van der Waals surface area contributed by atoms with E-state index in [9.17, 15) is 4.79 Å². The number of amides is 1. The van der Waals surface area contributed by atoms with Crippen LogP contribution >= 0.6 is 11.6 Å². The monoisotopic (exact) mass is 316 g/mol. The molecule has 0 aliphatic heterocycles. The Hall–Kier alpha value is -1.41. The Morgan fingerprint density at radius 2 is 2.19 bits per heavy atom. The summed E-state index contributed by atoms with van der Waals surface area (Å²) in [6, 6.07) is 3.04. The van der Waals surface area contributed by atoms with Crippen molar-refractivity contribution in [2.75, 3.05) is 39.4 Å². The van der Waals surface area contributed by atoms with Crippen molar-refractivity contribution in [3.8, 4) is 0 Å². The van der Waals surface area contributed by atoms with Crippen LogP contribution in [0.15, 0.2) is 12.1 Å². The SMILES string of the molecule is COCCN(C(=O)c1nc(NN)ccc1Cl)C(C)COC. The summed E-state index contributed by atoms with van der Waals surface area (Å²) < 4.78 is 10.1. The lowest BCUT2D eigenvalue weighted by Gasteiger charge is -2.28. The number of nitrogens with one attached hydrogen (secondary N) is 1. The van der Waals surface area contributed by atoms with Gasteiger partial charge in [-0.2, -0.15) is 0 Å². The van der Waals surface area contributed by atoms with Crippen LogP contribution in [-0.2, 0) is 9.47 Å². The maximum atomic E-state index is 12.7. The standard InChI is InChI=1S/C13H21ClN4O3/c1-9(8-21-3)18(6-7-20-2)13(19)12-10(14)4-5-11(16-12)17-15/h4-5,9H,6-8,15H2,1-3H3,(H,16,17). The van der Waals surface area contributed by atoms with Crippen molar-refractivity contribution in [3.05, 3.63) is 22.8 Å². The van der Waals surface area contributed by atoms with Crippen molar-refractivity contribution in [3.63, 3.8) is 0 Å². The second-order valence-electron chi connectivity index (χ2n) is 4.47. The minimum absolute atomic E-state index is 0.134. The summed E-state index contributed by atoms with van der Waals surface area (Å²) >= 11 is 6.07. The molecule has 0 spiro atoms. The van der Waals surface area contributed by atoms with Crippen molar-refractivity contribution in [1.82, 2.24) is 9.88 Å². The molecule has 21 heavy (non-hydrogen) atoms. The second-order valence-corrected chi connectivity index (χ2v) is 4.87. The molecule has 118 valence electrons. The van der Waals surface area contributed by atoms with E-state index in [4.69, 9.17) is 26.9 Å². The molecule has 3 N–H and O–H groups in total. The highest BCUT2D eigenvalue weighted by Crippen LogP contribution is 2.19. The minimum atomic E-state index is -0.293. The minimum Gasteiger partial charge on any atom is -0.383 e. The molecule has 0 saturated heterocycles. The van der Waals surface area contributed by atoms with Gasteiger partial charge in [0.1, 0.15) is 11.5 Å². The zero-order valence-corrected chi connectivity index (χ0v) is 13.2. The third-order valence-electron chi connectivity index (χ3n) is 2.93. The molecule has 1 amide bonds. The van der Waals surface area contributed by atoms with Gasteiger partial charge in [-0.3, -0.25) is 4.79 Å². The molecule has 0 radical (unpaired) electrons. The molecule has 7 nitrogen and oxygen atoms in total. The molecule has 0 bridgehead atoms. The third-order valence-corrected chi connectivity index (χ3v) is 3.24. The van der Waals surface area contributed by atoms with Gasteiger partial charge < -0.3 is 19.8 Å². The van der Waals surface area contributed by atoms with Crippen LogP contribution in [0.1, 0.15) is 17.4 Å². The fourth-order valence-corrected chi connectivity index (χ4v) is 2.04. The Morgan fingerprint density at radius 3 is 2.76 bits per heavy atom. The van der Waals surface area contributed by atoms with Gasteiger partial charge in [0.15, 0.2) is 0 Å². The first-order valence-electron chi connectivity index (χ1n) is 6.47. The van der Waals surface area contributed by atoms with Crippen LogP contribution in [0.4, 0.5) is 5.82 Å². The molecular weight excluding hydrogens is 296 g/mol. The Labute approximate surface area is 129 Å². The molecular formula is C13H21ClN4O3. The zero-order chi connectivity index (χ0) is 15.8. The number of hydrazine groups is 1. The number of nitrogen functional groups attached to an aromatic ring is 1. The number of pyridine rings is 1. The van der Waals surface area contributed by atoms with Gasteiger partial charge in [-0.05, 0) is 19.1 Å². The van der Waals surface area contributed by atoms with E-state index in [1.54, 1.807) is 31.3 Å². The summed E-state index contributed by atoms with van der Waals surface area (Å²) in [4.78, 5) is 18.4. The number of anilines is 1. The van der Waals surface area contributed by atoms with Crippen LogP contribution in [0.25, 0.3) is 0 Å². The highest BCUT2D eigenvalue weighted by atomic mass is 35.5. The summed E-state index contributed by atoms with van der Waals surface area (Å²) in [5.74, 6) is 5.39. The molecule has 1 atom stereocenters. The fourth-order valence-electron chi connectivity index (χ4n) is 1.85. The first-order valence-corrected chi connectivity index (χ1v) is 6.85. The van der Waals surface area contributed by atoms with Gasteiger partial charge in [-0.25, -0.2) is 10.8 Å². The van der Waals surface area contributed by atoms with Gasteiger partial charge in [0.2, 0.25) is 0 Å². The van der Waals surface area contributed by atoms with Crippen LogP contribution in [0.3, 0.4) is 0 Å². The van der Waals surface area contributed by atoms with E-state index >= 15 is 0 Å². The van der Waals surface area contributed by atoms with E-state index in [-0.39, 0.29) is 22.7 Å². The molecule has 0 aromatic carbocycles. The number of hydrogen-bond donors (Lipinski definition) is 2. The average molecular weight is 317 g/mol. The molecule has 1 aromatic rings. The van der Waals surface area contributed by atoms with Crippen molar-refractivity contribution in [2.45, 2.75) is 13.0 Å². The maximum absolute atomic E-state index is 12.7. The first-order chi connectivity index (χ1) is 10.0. The largest absolute Gasteiger partial charge is 0.383 e. The van der Waals surface area contributed by atoms with E-state index in [0.29, 0.717) is 25.6 Å². The van der Waals surface area contributed by atoms with Gasteiger partial charge in [0.05, 0.1) is 24.3 Å². The van der Waals surface area contributed by atoms with Crippen LogP contribution < -0.4 is 11.3 Å². The Balaban J connectivity index is 3.03. The molecule has 1 unspecified atom stereocenters. The Morgan fingerprint density at radius 1 is 1.48 bits per heavy atom. The predicted molar refractivity (Wildman–Crippen MR) is 81.3 cm³/mol. The molecule has 1 rings (SSSR count). The van der Waals surface area contributed by atoms with Crippen LogP contribution in [0.5, 0.6) is 0 Å². The van der Waals surface area contributed by atoms with Crippen LogP contribution in [0, 0.1) is 0 Å². The summed E-state index contributed by atoms with van der Waals surface area (Å²) in [6.45, 7) is 3.11. The Bertz CT molecular complexity index is 473. The topological polar surface area (TPSA) is 89.7 Å². The van der Waals surface area contributed by atoms with Crippen molar-refractivity contribution >= 4 is 23.3 Å². The lowest BCUT2D eigenvalue weighted by Crippen LogP contribution is -2.43. The number of methoxy groups -OCH3 is 2. The molecule has 0 saturated carbocycles. The van der Waals surface area contributed by atoms with E-state index in [1.807, 2.05) is 6.92 Å². The summed E-state index contributed by atoms with van der Waals surface area (Å²) in [6.07, 6.45) is 0. The summed E-state index contributed by atoms with van der Waals surface area (Å²) in [7, 11) is 3.16. The number of rotatable bonds is 8. The van der Waals surface area contributed by atoms with Crippen molar-refractivity contribution in [2.24, 2.45) is 5.84 Å². The maximum Gasteiger partial charge on any atom is 0.274 e. The van der Waals surface area contributed by atoms with Gasteiger partial charge >= 0.3 is 0 Å². The quantitative estimate of drug-likeness (QED) is 0.552. The first kappa shape index (κ1) is 17.6. The lowest BCUT2D eigenvalue weighted by atomic mass is 10.2. The van der Waals surface area contributed by atoms with Crippen LogP contribution in [-0.4, -0.2) is 55.8 Å². The zero-order valence-electron chi connectivity index (χ0n) is 12.4. The van der Waals surface area contributed by atoms with Gasteiger partial charge in [0.25, 0.3) is 5.91 Å². The van der Waals surface area contributed by atoms with E-state index in [0.717, 1.165) is 0 Å². The summed E-state index contributed by atoms with van der Waals surface area (Å²) in [5.41, 5.74) is 2.54. The fraction of sp³-hybridized carbons (Fsp3) is 0.538. The highest BCUT2D eigenvalue weighted by Gasteiger charge is 2.24. The molecule has 0 fully saturated rings. The molecule has 0 aliphatic carbocycles. The number of nitrogens with two attached hydrogens (primary N) is 1. The number of ether oxygens (including phenoxy) is 2. The van der Waals surface area contributed by atoms with Crippen LogP contribution in [0.2, 0.25) is 5.02 Å². The van der Waals surface area contributed by atoms with Crippen molar-refractivity contribution < 1.29 is 14.3 Å². The third kappa shape index (κ3) is 4.82. The highest BCUT2D eigenvalue weighted by molar-refractivity contribution is 6.33. The van der Waals surface area contributed by atoms with Gasteiger partial charge in [0, 0.05) is 20.8 Å². The van der Waals surface area contributed by atoms with Crippen molar-refractivity contribution in [1.29, 1.82) is 0 Å². The number of aromatic nitrogens is 1. The number of halogens is 1. The average Bonchev–Trinajstić information content (AvgIpc) is 2.48.